The summed E-state index contributed by atoms with van der Waals surface area (Å²) in [6.45, 7) is 0.510. The van der Waals surface area contributed by atoms with E-state index in [2.05, 4.69) is 40.0 Å². The van der Waals surface area contributed by atoms with Crippen LogP contribution in [0.3, 0.4) is 0 Å². The SMILES string of the molecule is CN(C)C1CCC(Nc2nc(NCCc3cccc(F)c3)n3ncc(C=C4CC(=O)NC4=O)c3n2)CC1. The van der Waals surface area contributed by atoms with Crippen LogP contribution in [0.2, 0.25) is 0 Å². The highest BCUT2D eigenvalue weighted by Gasteiger charge is 2.26. The minimum absolute atomic E-state index is 0.0280. The molecule has 1 saturated heterocycles. The molecule has 3 heterocycles. The minimum atomic E-state index is -0.400. The van der Waals surface area contributed by atoms with E-state index in [1.165, 1.54) is 12.1 Å². The van der Waals surface area contributed by atoms with Crippen molar-refractivity contribution >= 4 is 35.4 Å². The molecule has 10 nitrogen and oxygen atoms in total. The van der Waals surface area contributed by atoms with Gasteiger partial charge < -0.3 is 15.5 Å². The van der Waals surface area contributed by atoms with Crippen molar-refractivity contribution in [3.63, 3.8) is 0 Å². The topological polar surface area (TPSA) is 117 Å². The highest BCUT2D eigenvalue weighted by molar-refractivity contribution is 6.15. The summed E-state index contributed by atoms with van der Waals surface area (Å²) in [7, 11) is 4.23. The molecular weight excluding hydrogens is 475 g/mol. The van der Waals surface area contributed by atoms with E-state index in [1.54, 1.807) is 22.9 Å². The lowest BCUT2D eigenvalue weighted by Gasteiger charge is -2.33. The maximum atomic E-state index is 13.6. The first-order valence-corrected chi connectivity index (χ1v) is 12.6. The van der Waals surface area contributed by atoms with Gasteiger partial charge in [0.25, 0.3) is 5.91 Å². The van der Waals surface area contributed by atoms with Gasteiger partial charge in [-0.3, -0.25) is 14.9 Å². The third-order valence-electron chi connectivity index (χ3n) is 6.97. The summed E-state index contributed by atoms with van der Waals surface area (Å²) in [6.07, 6.45) is 8.10. The number of carbonyl (C=O) groups excluding carboxylic acids is 2. The fraction of sp³-hybridized carbons (Fsp3) is 0.423. The lowest BCUT2D eigenvalue weighted by molar-refractivity contribution is -0.124. The number of halogens is 1. The molecule has 194 valence electrons. The highest BCUT2D eigenvalue weighted by atomic mass is 19.1. The first-order chi connectivity index (χ1) is 17.9. The molecule has 0 unspecified atom stereocenters. The Bertz CT molecular complexity index is 1340. The largest absolute Gasteiger partial charge is 0.354 e. The maximum absolute atomic E-state index is 13.6. The van der Waals surface area contributed by atoms with Gasteiger partial charge in [0.2, 0.25) is 17.8 Å². The number of nitrogens with zero attached hydrogens (tertiary/aromatic N) is 5. The van der Waals surface area contributed by atoms with E-state index in [1.807, 2.05) is 6.07 Å². The molecule has 3 N–H and O–H groups in total. The van der Waals surface area contributed by atoms with Crippen LogP contribution in [0, 0.1) is 5.82 Å². The van der Waals surface area contributed by atoms with Gasteiger partial charge in [0, 0.05) is 29.8 Å². The van der Waals surface area contributed by atoms with Crippen molar-refractivity contribution in [1.82, 2.24) is 29.8 Å². The van der Waals surface area contributed by atoms with Gasteiger partial charge in [-0.2, -0.15) is 19.6 Å². The van der Waals surface area contributed by atoms with Crippen LogP contribution in [0.1, 0.15) is 43.2 Å². The summed E-state index contributed by atoms with van der Waals surface area (Å²) >= 11 is 0. The second-order valence-electron chi connectivity index (χ2n) is 9.85. The Labute approximate surface area is 214 Å². The van der Waals surface area contributed by atoms with E-state index in [0.717, 1.165) is 31.2 Å². The molecule has 0 spiro atoms. The van der Waals surface area contributed by atoms with Crippen LogP contribution in [-0.2, 0) is 16.0 Å². The van der Waals surface area contributed by atoms with Gasteiger partial charge >= 0.3 is 0 Å². The van der Waals surface area contributed by atoms with Gasteiger partial charge in [-0.15, -0.1) is 0 Å². The molecule has 0 atom stereocenters. The molecule has 2 amide bonds. The predicted octanol–water partition coefficient (Wildman–Crippen LogP) is 2.63. The van der Waals surface area contributed by atoms with Gasteiger partial charge in [0.05, 0.1) is 12.6 Å². The number of fused-ring (bicyclic) bond motifs is 1. The predicted molar refractivity (Wildman–Crippen MR) is 138 cm³/mol. The van der Waals surface area contributed by atoms with E-state index >= 15 is 0 Å². The fourth-order valence-electron chi connectivity index (χ4n) is 4.91. The Hall–Kier alpha value is -3.86. The van der Waals surface area contributed by atoms with E-state index in [9.17, 15) is 14.0 Å². The summed E-state index contributed by atoms with van der Waals surface area (Å²) in [5.74, 6) is -0.0270. The molecule has 0 radical (unpaired) electrons. The second kappa shape index (κ2) is 10.6. The molecule has 2 aliphatic rings. The number of nitrogens with one attached hydrogen (secondary N) is 3. The maximum Gasteiger partial charge on any atom is 0.254 e. The zero-order valence-electron chi connectivity index (χ0n) is 21.0. The van der Waals surface area contributed by atoms with Crippen LogP contribution in [0.4, 0.5) is 16.3 Å². The van der Waals surface area contributed by atoms with E-state index in [4.69, 9.17) is 9.97 Å². The molecule has 1 aliphatic carbocycles. The van der Waals surface area contributed by atoms with Crippen LogP contribution in [0.25, 0.3) is 11.7 Å². The Kier molecular flexibility index (Phi) is 7.13. The molecule has 5 rings (SSSR count). The van der Waals surface area contributed by atoms with Crippen LogP contribution in [0.15, 0.2) is 36.0 Å². The smallest absolute Gasteiger partial charge is 0.254 e. The number of amides is 2. The number of carbonyl (C=O) groups is 2. The number of benzene rings is 1. The molecule has 2 fully saturated rings. The molecular formula is C26H31FN8O2. The number of anilines is 2. The van der Waals surface area contributed by atoms with Crippen molar-refractivity contribution in [1.29, 1.82) is 0 Å². The van der Waals surface area contributed by atoms with Gasteiger partial charge in [-0.1, -0.05) is 12.1 Å². The van der Waals surface area contributed by atoms with Crippen molar-refractivity contribution in [3.8, 4) is 0 Å². The average Bonchev–Trinajstić information content (AvgIpc) is 3.41. The monoisotopic (exact) mass is 506 g/mol. The molecule has 0 bridgehead atoms. The summed E-state index contributed by atoms with van der Waals surface area (Å²) < 4.78 is 15.2. The second-order valence-corrected chi connectivity index (χ2v) is 9.85. The lowest BCUT2D eigenvalue weighted by Crippen LogP contribution is -2.36. The summed E-state index contributed by atoms with van der Waals surface area (Å²) in [4.78, 5) is 35.4. The number of hydrogen-bond donors (Lipinski definition) is 3. The zero-order valence-corrected chi connectivity index (χ0v) is 21.0. The molecule has 2 aromatic heterocycles. The Morgan fingerprint density at radius 3 is 2.70 bits per heavy atom. The summed E-state index contributed by atoms with van der Waals surface area (Å²) in [5, 5.41) is 13.5. The summed E-state index contributed by atoms with van der Waals surface area (Å²) in [6, 6.07) is 7.34. The molecule has 1 aliphatic heterocycles. The third-order valence-corrected chi connectivity index (χ3v) is 6.97. The fourth-order valence-corrected chi connectivity index (χ4v) is 4.91. The van der Waals surface area contributed by atoms with Gasteiger partial charge in [0.15, 0.2) is 5.65 Å². The van der Waals surface area contributed by atoms with Crippen LogP contribution in [0.5, 0.6) is 0 Å². The molecule has 37 heavy (non-hydrogen) atoms. The summed E-state index contributed by atoms with van der Waals surface area (Å²) in [5.41, 5.74) is 2.38. The van der Waals surface area contributed by atoms with Crippen LogP contribution in [-0.4, -0.2) is 69.0 Å². The zero-order chi connectivity index (χ0) is 25.9. The number of hydrogen-bond acceptors (Lipinski definition) is 8. The quantitative estimate of drug-likeness (QED) is 0.315. The minimum Gasteiger partial charge on any atom is -0.354 e. The number of imide groups is 1. The Balaban J connectivity index is 1.40. The average molecular weight is 507 g/mol. The van der Waals surface area contributed by atoms with Crippen molar-refractivity contribution in [2.24, 2.45) is 0 Å². The van der Waals surface area contributed by atoms with Crippen molar-refractivity contribution in [2.75, 3.05) is 31.3 Å². The van der Waals surface area contributed by atoms with E-state index in [0.29, 0.717) is 47.7 Å². The lowest BCUT2D eigenvalue weighted by atomic mass is 9.91. The standard InChI is InChI=1S/C26H31FN8O2/c1-34(2)21-8-6-20(7-9-21)30-25-32-23-18(13-17-14-22(36)31-24(17)37)15-29-35(23)26(33-25)28-11-10-16-4-3-5-19(27)12-16/h3-5,12-13,15,20-21H,6-11,14H2,1-2H3,(H,31,36,37)(H2,28,30,32,33). The van der Waals surface area contributed by atoms with Crippen molar-refractivity contribution < 1.29 is 14.0 Å². The van der Waals surface area contributed by atoms with Crippen LogP contribution < -0.4 is 16.0 Å². The van der Waals surface area contributed by atoms with Gasteiger partial charge in [-0.05, 0) is 70.0 Å². The van der Waals surface area contributed by atoms with Gasteiger partial charge in [0.1, 0.15) is 5.82 Å². The van der Waals surface area contributed by atoms with Crippen LogP contribution >= 0.6 is 0 Å². The molecule has 11 heteroatoms. The van der Waals surface area contributed by atoms with Crippen molar-refractivity contribution in [2.45, 2.75) is 50.6 Å². The highest BCUT2D eigenvalue weighted by Crippen LogP contribution is 2.25. The Morgan fingerprint density at radius 2 is 2.00 bits per heavy atom. The first kappa shape index (κ1) is 24.8. The normalized spacial score (nSPS) is 21.1. The molecule has 1 aromatic carbocycles. The number of rotatable bonds is 8. The first-order valence-electron chi connectivity index (χ1n) is 12.6. The van der Waals surface area contributed by atoms with E-state index in [-0.39, 0.29) is 24.2 Å². The molecule has 1 saturated carbocycles. The number of aromatic nitrogens is 4. The van der Waals surface area contributed by atoms with Crippen molar-refractivity contribution in [3.05, 3.63) is 53.0 Å². The van der Waals surface area contributed by atoms with Gasteiger partial charge in [-0.25, -0.2) is 4.39 Å². The van der Waals surface area contributed by atoms with E-state index < -0.39 is 5.91 Å². The Morgan fingerprint density at radius 1 is 1.19 bits per heavy atom. The third kappa shape index (κ3) is 5.77. The molecule has 3 aromatic rings.